The van der Waals surface area contributed by atoms with E-state index in [0.29, 0.717) is 11.9 Å². The highest BCUT2D eigenvalue weighted by Gasteiger charge is 2.34. The summed E-state index contributed by atoms with van der Waals surface area (Å²) in [7, 11) is 0. The van der Waals surface area contributed by atoms with E-state index < -0.39 is 11.9 Å². The van der Waals surface area contributed by atoms with E-state index in [-0.39, 0.29) is 4.73 Å². The quantitative estimate of drug-likeness (QED) is 0.386. The summed E-state index contributed by atoms with van der Waals surface area (Å²) in [6.07, 6.45) is -3.57. The highest BCUT2D eigenvalue weighted by atomic mass is 79.9. The van der Waals surface area contributed by atoms with Crippen LogP contribution in [0.3, 0.4) is 0 Å². The molecule has 150 valence electrons. The van der Waals surface area contributed by atoms with Gasteiger partial charge in [-0.25, -0.2) is 9.97 Å². The van der Waals surface area contributed by atoms with Gasteiger partial charge in [0, 0.05) is 45.7 Å². The number of nitrogens with one attached hydrogen (secondary N) is 2. The summed E-state index contributed by atoms with van der Waals surface area (Å²) in [5, 5.41) is 9.10. The standard InChI is InChI=1S/C19H15BrF3N5S/c1-9-6-25-17-13(7-24-9)29-12-4-3-11-10(16(12)17)2-5-15(26-11)28-8-14(19(21,22)23)27-18(28)20/h2-5,8-9,24-25H,6-7H2,1H3/t9-/m1/s1. The molecule has 1 atom stereocenters. The van der Waals surface area contributed by atoms with Crippen molar-refractivity contribution in [1.82, 2.24) is 19.9 Å². The summed E-state index contributed by atoms with van der Waals surface area (Å²) >= 11 is 4.84. The molecule has 0 spiro atoms. The lowest BCUT2D eigenvalue weighted by molar-refractivity contribution is -0.141. The van der Waals surface area contributed by atoms with Crippen molar-refractivity contribution in [2.75, 3.05) is 11.9 Å². The molecule has 4 aromatic rings. The van der Waals surface area contributed by atoms with Crippen molar-refractivity contribution in [3.05, 3.63) is 45.8 Å². The predicted molar refractivity (Wildman–Crippen MR) is 112 cm³/mol. The molecule has 0 aliphatic carbocycles. The topological polar surface area (TPSA) is 54.8 Å². The summed E-state index contributed by atoms with van der Waals surface area (Å²) in [5.74, 6) is 0.372. The van der Waals surface area contributed by atoms with Gasteiger partial charge in [0.2, 0.25) is 0 Å². The number of thiophene rings is 1. The number of alkyl halides is 3. The summed E-state index contributed by atoms with van der Waals surface area (Å²) < 4.78 is 41.5. The Kier molecular flexibility index (Phi) is 4.34. The minimum atomic E-state index is -4.51. The van der Waals surface area contributed by atoms with Crippen LogP contribution in [0.2, 0.25) is 0 Å². The van der Waals surface area contributed by atoms with Crippen LogP contribution in [0.5, 0.6) is 0 Å². The monoisotopic (exact) mass is 481 g/mol. The van der Waals surface area contributed by atoms with Crippen molar-refractivity contribution < 1.29 is 13.2 Å². The Hall–Kier alpha value is -2.17. The molecule has 0 radical (unpaired) electrons. The number of aromatic nitrogens is 3. The first-order chi connectivity index (χ1) is 13.8. The highest BCUT2D eigenvalue weighted by molar-refractivity contribution is 9.10. The average molecular weight is 482 g/mol. The zero-order valence-corrected chi connectivity index (χ0v) is 17.5. The first-order valence-corrected chi connectivity index (χ1v) is 10.6. The molecule has 1 aliphatic rings. The molecule has 10 heteroatoms. The second-order valence-electron chi connectivity index (χ2n) is 7.00. The third kappa shape index (κ3) is 3.19. The first-order valence-electron chi connectivity index (χ1n) is 8.96. The third-order valence-corrected chi connectivity index (χ3v) is 6.69. The number of pyridine rings is 1. The van der Waals surface area contributed by atoms with Gasteiger partial charge in [-0.3, -0.25) is 4.57 Å². The van der Waals surface area contributed by atoms with Gasteiger partial charge in [0.25, 0.3) is 0 Å². The van der Waals surface area contributed by atoms with Gasteiger partial charge in [-0.05, 0) is 47.1 Å². The van der Waals surface area contributed by atoms with Gasteiger partial charge in [-0.15, -0.1) is 11.3 Å². The first kappa shape index (κ1) is 18.8. The van der Waals surface area contributed by atoms with Gasteiger partial charge in [0.15, 0.2) is 10.4 Å². The Morgan fingerprint density at radius 2 is 2.03 bits per heavy atom. The average Bonchev–Trinajstić information content (AvgIpc) is 3.19. The smallest absolute Gasteiger partial charge is 0.382 e. The number of anilines is 1. The molecule has 5 rings (SSSR count). The van der Waals surface area contributed by atoms with Crippen molar-refractivity contribution in [1.29, 1.82) is 0 Å². The van der Waals surface area contributed by atoms with Crippen LogP contribution in [0.25, 0.3) is 26.8 Å². The Bertz CT molecular complexity index is 1250. The zero-order chi connectivity index (χ0) is 20.3. The van der Waals surface area contributed by atoms with Crippen LogP contribution in [0.15, 0.2) is 35.2 Å². The predicted octanol–water partition coefficient (Wildman–Crippen LogP) is 5.32. The molecule has 4 heterocycles. The maximum absolute atomic E-state index is 13.0. The van der Waals surface area contributed by atoms with Crippen LogP contribution in [-0.2, 0) is 12.7 Å². The molecule has 0 saturated carbocycles. The third-order valence-electron chi connectivity index (χ3n) is 4.98. The van der Waals surface area contributed by atoms with Crippen LogP contribution in [0, 0.1) is 0 Å². The highest BCUT2D eigenvalue weighted by Crippen LogP contribution is 2.41. The fourth-order valence-electron chi connectivity index (χ4n) is 3.53. The van der Waals surface area contributed by atoms with E-state index in [4.69, 9.17) is 0 Å². The number of halogens is 4. The molecule has 0 amide bonds. The van der Waals surface area contributed by atoms with Crippen molar-refractivity contribution in [3.8, 4) is 5.82 Å². The Morgan fingerprint density at radius 3 is 2.79 bits per heavy atom. The lowest BCUT2D eigenvalue weighted by atomic mass is 10.1. The number of hydrogen-bond acceptors (Lipinski definition) is 5. The van der Waals surface area contributed by atoms with E-state index >= 15 is 0 Å². The van der Waals surface area contributed by atoms with Gasteiger partial charge in [0.05, 0.1) is 11.2 Å². The fraction of sp³-hybridized carbons (Fsp3) is 0.263. The van der Waals surface area contributed by atoms with E-state index in [2.05, 4.69) is 43.5 Å². The maximum atomic E-state index is 13.0. The van der Waals surface area contributed by atoms with E-state index in [1.165, 1.54) is 9.44 Å². The Labute approximate surface area is 176 Å². The van der Waals surface area contributed by atoms with Gasteiger partial charge < -0.3 is 10.6 Å². The molecule has 29 heavy (non-hydrogen) atoms. The maximum Gasteiger partial charge on any atom is 0.434 e. The van der Waals surface area contributed by atoms with E-state index in [0.717, 1.165) is 46.0 Å². The molecular formula is C19H15BrF3N5S. The number of benzene rings is 1. The van der Waals surface area contributed by atoms with E-state index in [9.17, 15) is 13.2 Å². The minimum Gasteiger partial charge on any atom is -0.382 e. The number of hydrogen-bond donors (Lipinski definition) is 2. The van der Waals surface area contributed by atoms with E-state index in [1.54, 1.807) is 17.4 Å². The van der Waals surface area contributed by atoms with Gasteiger partial charge in [-0.2, -0.15) is 13.2 Å². The normalized spacial score (nSPS) is 17.3. The van der Waals surface area contributed by atoms with Crippen LogP contribution in [-0.4, -0.2) is 27.1 Å². The molecule has 2 N–H and O–H groups in total. The summed E-state index contributed by atoms with van der Waals surface area (Å²) in [6, 6.07) is 7.92. The molecule has 0 bridgehead atoms. The molecule has 0 unspecified atom stereocenters. The molecule has 0 fully saturated rings. The number of fused-ring (bicyclic) bond motifs is 5. The second kappa shape index (κ2) is 6.68. The molecular weight excluding hydrogens is 467 g/mol. The van der Waals surface area contributed by atoms with Crippen molar-refractivity contribution in [3.63, 3.8) is 0 Å². The summed E-state index contributed by atoms with van der Waals surface area (Å²) in [6.45, 7) is 3.76. The SMILES string of the molecule is C[C@@H]1CNc2c(sc3ccc4nc(-n5cc(C(F)(F)F)nc5Br)ccc4c23)CN1. The van der Waals surface area contributed by atoms with Crippen molar-refractivity contribution >= 4 is 53.9 Å². The zero-order valence-electron chi connectivity index (χ0n) is 15.1. The molecule has 3 aromatic heterocycles. The largest absolute Gasteiger partial charge is 0.434 e. The number of rotatable bonds is 1. The molecule has 1 aromatic carbocycles. The fourth-order valence-corrected chi connectivity index (χ4v) is 5.16. The van der Waals surface area contributed by atoms with Crippen molar-refractivity contribution in [2.45, 2.75) is 25.7 Å². The molecule has 1 aliphatic heterocycles. The Balaban J connectivity index is 1.65. The molecule has 5 nitrogen and oxygen atoms in total. The van der Waals surface area contributed by atoms with Gasteiger partial charge in [-0.1, -0.05) is 0 Å². The van der Waals surface area contributed by atoms with Gasteiger partial charge in [0.1, 0.15) is 5.82 Å². The van der Waals surface area contributed by atoms with Gasteiger partial charge >= 0.3 is 6.18 Å². The lowest BCUT2D eigenvalue weighted by Gasteiger charge is -2.10. The summed E-state index contributed by atoms with van der Waals surface area (Å²) in [5.41, 5.74) is 0.873. The summed E-state index contributed by atoms with van der Waals surface area (Å²) in [4.78, 5) is 9.40. The van der Waals surface area contributed by atoms with Crippen molar-refractivity contribution in [2.24, 2.45) is 0 Å². The molecule has 0 saturated heterocycles. The minimum absolute atomic E-state index is 0.0591. The van der Waals surface area contributed by atoms with Crippen LogP contribution in [0.1, 0.15) is 17.5 Å². The van der Waals surface area contributed by atoms with Crippen LogP contribution < -0.4 is 10.6 Å². The second-order valence-corrected chi connectivity index (χ2v) is 8.85. The van der Waals surface area contributed by atoms with Crippen LogP contribution in [0.4, 0.5) is 18.9 Å². The van der Waals surface area contributed by atoms with E-state index in [1.807, 2.05) is 18.2 Å². The Morgan fingerprint density at radius 1 is 1.21 bits per heavy atom. The number of nitrogens with zero attached hydrogens (tertiary/aromatic N) is 3. The number of imidazole rings is 1. The van der Waals surface area contributed by atoms with Crippen LogP contribution >= 0.6 is 27.3 Å². The lowest BCUT2D eigenvalue weighted by Crippen LogP contribution is -2.29.